The van der Waals surface area contributed by atoms with Gasteiger partial charge in [0.2, 0.25) is 0 Å². The predicted molar refractivity (Wildman–Crippen MR) is 115 cm³/mol. The quantitative estimate of drug-likeness (QED) is 0.292. The van der Waals surface area contributed by atoms with Crippen LogP contribution in [0.3, 0.4) is 0 Å². The lowest BCUT2D eigenvalue weighted by molar-refractivity contribution is 0.309. The van der Waals surface area contributed by atoms with Crippen molar-refractivity contribution in [3.63, 3.8) is 0 Å². The van der Waals surface area contributed by atoms with E-state index in [4.69, 9.17) is 21.7 Å². The maximum absolute atomic E-state index is 5.67. The van der Waals surface area contributed by atoms with Gasteiger partial charge in [-0.25, -0.2) is 0 Å². The van der Waals surface area contributed by atoms with Crippen molar-refractivity contribution in [2.45, 2.75) is 33.2 Å². The van der Waals surface area contributed by atoms with Crippen LogP contribution in [0, 0.1) is 0 Å². The van der Waals surface area contributed by atoms with Gasteiger partial charge in [0, 0.05) is 6.54 Å². The van der Waals surface area contributed by atoms with E-state index in [1.54, 1.807) is 7.11 Å². The average molecular weight is 386 g/mol. The third kappa shape index (κ3) is 7.27. The van der Waals surface area contributed by atoms with Crippen LogP contribution in [-0.4, -0.2) is 24.5 Å². The Morgan fingerprint density at radius 3 is 2.33 bits per heavy atom. The lowest BCUT2D eigenvalue weighted by atomic mass is 10.1. The van der Waals surface area contributed by atoms with Gasteiger partial charge in [0.25, 0.3) is 0 Å². The zero-order valence-electron chi connectivity index (χ0n) is 16.1. The molecule has 5 nitrogen and oxygen atoms in total. The Balaban J connectivity index is 1.80. The second kappa shape index (κ2) is 11.2. The monoisotopic (exact) mass is 385 g/mol. The number of hydrogen-bond acceptors (Lipinski definition) is 4. The summed E-state index contributed by atoms with van der Waals surface area (Å²) in [5.41, 5.74) is 5.86. The zero-order chi connectivity index (χ0) is 19.5. The Hall–Kier alpha value is -2.60. The molecule has 2 rings (SSSR count). The SMILES string of the molecule is CCCCOc1ccc(/C(C)=N\NC(=S)NCc2ccc(OC)cc2)cc1. The molecule has 0 saturated carbocycles. The fourth-order valence-electron chi connectivity index (χ4n) is 2.29. The molecule has 0 spiro atoms. The van der Waals surface area contributed by atoms with Crippen LogP contribution in [0.1, 0.15) is 37.8 Å². The van der Waals surface area contributed by atoms with Gasteiger partial charge < -0.3 is 14.8 Å². The van der Waals surface area contributed by atoms with Gasteiger partial charge in [0.05, 0.1) is 19.4 Å². The first-order valence-electron chi connectivity index (χ1n) is 9.06. The van der Waals surface area contributed by atoms with Gasteiger partial charge in [0.15, 0.2) is 5.11 Å². The highest BCUT2D eigenvalue weighted by Crippen LogP contribution is 2.13. The Morgan fingerprint density at radius 2 is 1.70 bits per heavy atom. The minimum Gasteiger partial charge on any atom is -0.497 e. The second-order valence-corrected chi connectivity index (χ2v) is 6.47. The van der Waals surface area contributed by atoms with Crippen molar-refractivity contribution in [2.24, 2.45) is 5.10 Å². The molecule has 0 bridgehead atoms. The summed E-state index contributed by atoms with van der Waals surface area (Å²) in [5, 5.41) is 7.95. The molecule has 0 unspecified atom stereocenters. The van der Waals surface area contributed by atoms with Gasteiger partial charge in [-0.3, -0.25) is 5.43 Å². The summed E-state index contributed by atoms with van der Waals surface area (Å²) in [4.78, 5) is 0. The van der Waals surface area contributed by atoms with Crippen molar-refractivity contribution < 1.29 is 9.47 Å². The molecule has 0 atom stereocenters. The van der Waals surface area contributed by atoms with E-state index in [1.165, 1.54) is 0 Å². The molecule has 2 N–H and O–H groups in total. The van der Waals surface area contributed by atoms with Crippen LogP contribution in [-0.2, 0) is 6.54 Å². The first-order valence-corrected chi connectivity index (χ1v) is 9.47. The Labute approximate surface area is 166 Å². The normalized spacial score (nSPS) is 11.0. The number of nitrogens with zero attached hydrogens (tertiary/aromatic N) is 1. The van der Waals surface area contributed by atoms with E-state index in [0.29, 0.717) is 11.7 Å². The summed E-state index contributed by atoms with van der Waals surface area (Å²) in [7, 11) is 1.65. The van der Waals surface area contributed by atoms with Crippen molar-refractivity contribution >= 4 is 23.0 Å². The largest absolute Gasteiger partial charge is 0.497 e. The summed E-state index contributed by atoms with van der Waals surface area (Å²) < 4.78 is 10.8. The molecule has 0 aliphatic rings. The van der Waals surface area contributed by atoms with Crippen molar-refractivity contribution in [2.75, 3.05) is 13.7 Å². The van der Waals surface area contributed by atoms with Crippen LogP contribution in [0.5, 0.6) is 11.5 Å². The third-order valence-corrected chi connectivity index (χ3v) is 4.21. The standard InChI is InChI=1S/C21H27N3O2S/c1-4-5-14-26-20-12-8-18(9-13-20)16(2)23-24-21(27)22-15-17-6-10-19(25-3)11-7-17/h6-13H,4-5,14-15H2,1-3H3,(H2,22,24,27)/b23-16-. The highest BCUT2D eigenvalue weighted by atomic mass is 32.1. The number of methoxy groups -OCH3 is 1. The van der Waals surface area contributed by atoms with Crippen LogP contribution < -0.4 is 20.2 Å². The molecule has 0 amide bonds. The number of nitrogens with one attached hydrogen (secondary N) is 2. The Morgan fingerprint density at radius 1 is 1.04 bits per heavy atom. The van der Waals surface area contributed by atoms with Gasteiger partial charge in [-0.05, 0) is 73.1 Å². The predicted octanol–water partition coefficient (Wildman–Crippen LogP) is 4.26. The van der Waals surface area contributed by atoms with E-state index < -0.39 is 0 Å². The molecule has 0 aliphatic carbocycles. The number of ether oxygens (including phenoxy) is 2. The zero-order valence-corrected chi connectivity index (χ0v) is 16.9. The Kier molecular flexibility index (Phi) is 8.58. The molecule has 2 aromatic rings. The lowest BCUT2D eigenvalue weighted by Gasteiger charge is -2.09. The smallest absolute Gasteiger partial charge is 0.187 e. The summed E-state index contributed by atoms with van der Waals surface area (Å²) in [5.74, 6) is 1.71. The van der Waals surface area contributed by atoms with E-state index in [0.717, 1.165) is 47.8 Å². The summed E-state index contributed by atoms with van der Waals surface area (Å²) in [6.45, 7) is 5.45. The molecule has 0 heterocycles. The molecule has 6 heteroatoms. The molecule has 0 saturated heterocycles. The van der Waals surface area contributed by atoms with E-state index in [-0.39, 0.29) is 0 Å². The van der Waals surface area contributed by atoms with Crippen molar-refractivity contribution in [1.29, 1.82) is 0 Å². The maximum atomic E-state index is 5.67. The van der Waals surface area contributed by atoms with Crippen LogP contribution in [0.2, 0.25) is 0 Å². The fourth-order valence-corrected chi connectivity index (χ4v) is 2.41. The minimum absolute atomic E-state index is 0.477. The van der Waals surface area contributed by atoms with Crippen molar-refractivity contribution in [1.82, 2.24) is 10.7 Å². The maximum Gasteiger partial charge on any atom is 0.187 e. The minimum atomic E-state index is 0.477. The van der Waals surface area contributed by atoms with Crippen molar-refractivity contribution in [3.05, 3.63) is 59.7 Å². The fraction of sp³-hybridized carbons (Fsp3) is 0.333. The molecule has 144 valence electrons. The molecular weight excluding hydrogens is 358 g/mol. The van der Waals surface area contributed by atoms with Crippen LogP contribution in [0.25, 0.3) is 0 Å². The number of rotatable bonds is 9. The van der Waals surface area contributed by atoms with Gasteiger partial charge in [0.1, 0.15) is 11.5 Å². The van der Waals surface area contributed by atoms with Gasteiger partial charge in [-0.15, -0.1) is 0 Å². The molecule has 0 radical (unpaired) electrons. The van der Waals surface area contributed by atoms with Gasteiger partial charge >= 0.3 is 0 Å². The lowest BCUT2D eigenvalue weighted by Crippen LogP contribution is -2.32. The van der Waals surface area contributed by atoms with Crippen LogP contribution in [0.15, 0.2) is 53.6 Å². The van der Waals surface area contributed by atoms with Crippen LogP contribution >= 0.6 is 12.2 Å². The number of unbranched alkanes of at least 4 members (excludes halogenated alkanes) is 1. The number of hydrogen-bond donors (Lipinski definition) is 2. The third-order valence-electron chi connectivity index (χ3n) is 3.98. The molecule has 0 aliphatic heterocycles. The van der Waals surface area contributed by atoms with Gasteiger partial charge in [-0.2, -0.15) is 5.10 Å². The number of benzene rings is 2. The molecule has 2 aromatic carbocycles. The first-order chi connectivity index (χ1) is 13.1. The summed E-state index contributed by atoms with van der Waals surface area (Å²) in [6, 6.07) is 15.7. The highest BCUT2D eigenvalue weighted by molar-refractivity contribution is 7.80. The molecule has 27 heavy (non-hydrogen) atoms. The second-order valence-electron chi connectivity index (χ2n) is 6.07. The van der Waals surface area contributed by atoms with E-state index in [9.17, 15) is 0 Å². The van der Waals surface area contributed by atoms with Crippen molar-refractivity contribution in [3.8, 4) is 11.5 Å². The molecule has 0 aromatic heterocycles. The van der Waals surface area contributed by atoms with Gasteiger partial charge in [-0.1, -0.05) is 25.5 Å². The average Bonchev–Trinajstić information content (AvgIpc) is 2.71. The van der Waals surface area contributed by atoms with Crippen LogP contribution in [0.4, 0.5) is 0 Å². The molecule has 0 fully saturated rings. The summed E-state index contributed by atoms with van der Waals surface area (Å²) >= 11 is 5.28. The number of thiocarbonyl (C=S) groups is 1. The summed E-state index contributed by atoms with van der Waals surface area (Å²) in [6.07, 6.45) is 2.19. The number of hydrazone groups is 1. The molecular formula is C21H27N3O2S. The van der Waals surface area contributed by atoms with E-state index in [1.807, 2.05) is 55.5 Å². The Bertz CT molecular complexity index is 743. The van der Waals surface area contributed by atoms with E-state index >= 15 is 0 Å². The highest BCUT2D eigenvalue weighted by Gasteiger charge is 2.01. The topological polar surface area (TPSA) is 54.9 Å². The van der Waals surface area contributed by atoms with E-state index in [2.05, 4.69) is 22.8 Å². The first kappa shape index (κ1) is 20.7.